The summed E-state index contributed by atoms with van der Waals surface area (Å²) in [5.41, 5.74) is -0.190. The Hall–Kier alpha value is -11.0. The largest absolute Gasteiger partial charge is 0.477 e. The van der Waals surface area contributed by atoms with Gasteiger partial charge in [0.05, 0.1) is 12.7 Å². The molecule has 1 atom stereocenters. The van der Waals surface area contributed by atoms with Crippen molar-refractivity contribution in [1.82, 2.24) is 84.7 Å². The lowest BCUT2D eigenvalue weighted by Crippen LogP contribution is -2.44. The number of amides is 1. The lowest BCUT2D eigenvalue weighted by molar-refractivity contribution is -0.119. The van der Waals surface area contributed by atoms with Crippen LogP contribution < -0.4 is 37.2 Å². The Balaban J connectivity index is 0.000000325. The Bertz CT molecular complexity index is 3490. The molecule has 0 saturated carbocycles. The third-order valence-corrected chi connectivity index (χ3v) is 14.7. The molecule has 568 valence electrons. The molecule has 0 aromatic carbocycles. The number of hydrogen-bond donors (Lipinski definition) is 15. The van der Waals surface area contributed by atoms with Crippen LogP contribution in [0.2, 0.25) is 0 Å². The zero-order valence-corrected chi connectivity index (χ0v) is 59.1. The Kier molecular flexibility index (Phi) is 42.9. The lowest BCUT2D eigenvalue weighted by atomic mass is 10.2. The molecule has 2 aliphatic rings. The summed E-state index contributed by atoms with van der Waals surface area (Å²) in [6.07, 6.45) is 14.0. The van der Waals surface area contributed by atoms with E-state index in [2.05, 4.69) is 138 Å². The summed E-state index contributed by atoms with van der Waals surface area (Å²) >= 11 is 0. The quantitative estimate of drug-likeness (QED) is 0.0249. The van der Waals surface area contributed by atoms with Gasteiger partial charge in [-0.2, -0.15) is 0 Å². The predicted octanol–water partition coefficient (Wildman–Crippen LogP) is 2.62. The van der Waals surface area contributed by atoms with Crippen molar-refractivity contribution in [1.29, 1.82) is 0 Å². The summed E-state index contributed by atoms with van der Waals surface area (Å²) < 4.78 is 0. The van der Waals surface area contributed by atoms with Crippen molar-refractivity contribution in [3.63, 3.8) is 0 Å². The number of carbonyl (C=O) groups is 8. The molecule has 39 nitrogen and oxygen atoms in total. The average molecular weight is 1460 g/mol. The first kappa shape index (κ1) is 87.2. The normalized spacial score (nSPS) is 12.7. The molecule has 0 bridgehead atoms. The van der Waals surface area contributed by atoms with E-state index in [1.807, 2.05) is 0 Å². The molecule has 0 radical (unpaired) electrons. The predicted molar refractivity (Wildman–Crippen MR) is 382 cm³/mol. The summed E-state index contributed by atoms with van der Waals surface area (Å²) in [7, 11) is 2.15. The van der Waals surface area contributed by atoms with Gasteiger partial charge in [-0.1, -0.05) is 13.8 Å². The van der Waals surface area contributed by atoms with Gasteiger partial charge >= 0.3 is 35.8 Å². The van der Waals surface area contributed by atoms with Gasteiger partial charge in [-0.05, 0) is 105 Å². The Morgan fingerprint density at radius 3 is 1.04 bits per heavy atom. The number of anilines is 6. The lowest BCUT2D eigenvalue weighted by Gasteiger charge is -2.32. The molecule has 2 aliphatic heterocycles. The van der Waals surface area contributed by atoms with E-state index < -0.39 is 41.9 Å². The molecule has 104 heavy (non-hydrogen) atoms. The number of carboxylic acids is 6. The number of hydrogen-bond acceptors (Lipinski definition) is 32. The first-order valence-corrected chi connectivity index (χ1v) is 33.5. The molecular formula is C65H97N23O16. The molecule has 8 heterocycles. The molecule has 6 aromatic heterocycles. The van der Waals surface area contributed by atoms with Gasteiger partial charge < -0.3 is 102 Å². The highest BCUT2D eigenvalue weighted by atomic mass is 16.4. The molecule has 2 saturated heterocycles. The van der Waals surface area contributed by atoms with E-state index in [4.69, 9.17) is 40.9 Å². The number of aliphatic hydroxyl groups is 2. The Labute approximate surface area is 601 Å². The second-order valence-corrected chi connectivity index (χ2v) is 22.8. The third kappa shape index (κ3) is 39.3. The van der Waals surface area contributed by atoms with Gasteiger partial charge in [0.25, 0.3) is 0 Å². The number of ketones is 1. The Morgan fingerprint density at radius 2 is 0.731 bits per heavy atom. The van der Waals surface area contributed by atoms with Crippen LogP contribution in [-0.2, 0) is 9.59 Å². The van der Waals surface area contributed by atoms with E-state index in [1.54, 1.807) is 0 Å². The van der Waals surface area contributed by atoms with Crippen molar-refractivity contribution < 1.29 is 79.2 Å². The van der Waals surface area contributed by atoms with Gasteiger partial charge in [-0.3, -0.25) is 4.79 Å². The van der Waals surface area contributed by atoms with Crippen molar-refractivity contribution in [3.05, 3.63) is 109 Å². The van der Waals surface area contributed by atoms with E-state index in [1.165, 1.54) is 108 Å². The van der Waals surface area contributed by atoms with Gasteiger partial charge in [0.15, 0.2) is 34.2 Å². The van der Waals surface area contributed by atoms with Crippen LogP contribution in [0.5, 0.6) is 0 Å². The maximum absolute atomic E-state index is 10.8. The molecule has 39 heteroatoms. The molecule has 1 amide bonds. The van der Waals surface area contributed by atoms with Crippen molar-refractivity contribution in [2.24, 2.45) is 0 Å². The van der Waals surface area contributed by atoms with Gasteiger partial charge in [0.2, 0.25) is 5.91 Å². The summed E-state index contributed by atoms with van der Waals surface area (Å²) in [5, 5.41) is 90.6. The highest BCUT2D eigenvalue weighted by molar-refractivity contribution is 5.88. The van der Waals surface area contributed by atoms with E-state index in [9.17, 15) is 38.4 Å². The molecule has 0 spiro atoms. The summed E-state index contributed by atoms with van der Waals surface area (Å²) in [6, 6.07) is 8.32. The molecule has 2 fully saturated rings. The van der Waals surface area contributed by atoms with Crippen LogP contribution in [-0.4, -0.2) is 305 Å². The number of nitrogens with zero attached hydrogens (tertiary/aromatic N) is 16. The maximum atomic E-state index is 10.8. The topological polar surface area (TPSA) is 550 Å². The first-order chi connectivity index (χ1) is 49.9. The number of carboxylic acid groups (broad SMARTS) is 6. The number of carbonyl (C=O) groups excluding carboxylic acids is 2. The van der Waals surface area contributed by atoms with Crippen molar-refractivity contribution in [2.45, 2.75) is 85.2 Å². The van der Waals surface area contributed by atoms with Crippen LogP contribution in [0, 0.1) is 0 Å². The van der Waals surface area contributed by atoms with Crippen molar-refractivity contribution in [2.75, 3.05) is 163 Å². The van der Waals surface area contributed by atoms with Crippen LogP contribution in [0.1, 0.15) is 142 Å². The monoisotopic (exact) mass is 1460 g/mol. The molecule has 0 aliphatic carbocycles. The summed E-state index contributed by atoms with van der Waals surface area (Å²) in [6.45, 7) is 23.2. The van der Waals surface area contributed by atoms with E-state index in [0.29, 0.717) is 61.6 Å². The minimum absolute atomic E-state index is 0.0104. The first-order valence-electron chi connectivity index (χ1n) is 33.5. The standard InChI is InChI=1S/C13H21N5O2.C12H18N4O2.C12H20N4O2.C10H14N4O3.C10H13N3O3.C8H11N3O4/c1-17-5-7-18(8-6-17)4-2-3-14-12-9-11(13(19)20)15-10-16-12;17-12(18)10-8-11(15-9-14-10)13-4-3-7-16-5-1-2-6-16;1-3-16(4-2)7-5-6-13-11-8-10(12(17)18)14-9-15-11;1-7(15)11-3-2-4-12-9-5-8(10(16)17)13-6-14-9;1-7(14)3-2-4-11-9-5-8(10(15)16)12-6-13-9;12-3-5(13)2-9-7-1-6(8(14)15)10-4-11-7/h9-10H,2-8H2,1H3,(H,19,20)(H,14,15,16);8-9H,1-7H2,(H,17,18)(H,13,14,15);8-9H,3-7H2,1-2H3,(H,17,18)(H,13,14,15);5-6H,2-4H2,1H3,(H,11,15)(H,16,17)(H,12,13,14);5-6H,2-4H2,1H3,(H,15,16)(H,11,12,13);1,4-5,12-13H,2-3H2,(H,14,15)(H,9,10,11). The highest BCUT2D eigenvalue weighted by Crippen LogP contribution is 2.12. The van der Waals surface area contributed by atoms with Crippen LogP contribution >= 0.6 is 0 Å². The fourth-order valence-electron chi connectivity index (χ4n) is 9.01. The number of aromatic carboxylic acids is 6. The van der Waals surface area contributed by atoms with Crippen LogP contribution in [0.15, 0.2) is 74.4 Å². The third-order valence-electron chi connectivity index (χ3n) is 14.7. The van der Waals surface area contributed by atoms with Crippen molar-refractivity contribution in [3.8, 4) is 0 Å². The van der Waals surface area contributed by atoms with E-state index in [-0.39, 0.29) is 64.8 Å². The second-order valence-electron chi connectivity index (χ2n) is 22.8. The van der Waals surface area contributed by atoms with Crippen LogP contribution in [0.25, 0.3) is 0 Å². The van der Waals surface area contributed by atoms with Crippen LogP contribution in [0.4, 0.5) is 34.9 Å². The molecular weight excluding hydrogens is 1360 g/mol. The van der Waals surface area contributed by atoms with E-state index in [0.717, 1.165) is 111 Å². The molecule has 8 rings (SSSR count). The zero-order valence-electron chi connectivity index (χ0n) is 59.1. The number of rotatable bonds is 37. The van der Waals surface area contributed by atoms with Gasteiger partial charge in [0.1, 0.15) is 78.7 Å². The van der Waals surface area contributed by atoms with Crippen molar-refractivity contribution >= 4 is 82.4 Å². The summed E-state index contributed by atoms with van der Waals surface area (Å²) in [5.74, 6) is -3.47. The van der Waals surface area contributed by atoms with E-state index >= 15 is 0 Å². The fraction of sp³-hybridized carbons (Fsp3) is 0.508. The summed E-state index contributed by atoms with van der Waals surface area (Å²) in [4.78, 5) is 140. The SMILES string of the molecule is CC(=O)CCCNc1cc(C(=O)O)ncn1.CC(=O)NCCCNc1cc(C(=O)O)ncn1.CCN(CC)CCCNc1cc(C(=O)O)ncn1.CN1CCN(CCCNc2cc(C(=O)O)ncn2)CC1.O=C(O)c1cc(NCC(O)CO)ncn1.O=C(O)c1cc(NCCCN2CCCC2)ncn1. The minimum Gasteiger partial charge on any atom is -0.477 e. The minimum atomic E-state index is -1.15. The second kappa shape index (κ2) is 51.2. The fourth-order valence-corrected chi connectivity index (χ4v) is 9.01. The molecule has 6 aromatic rings. The smallest absolute Gasteiger partial charge is 0.354 e. The zero-order chi connectivity index (χ0) is 76.4. The number of aromatic nitrogens is 12. The number of aliphatic hydroxyl groups excluding tert-OH is 2. The highest BCUT2D eigenvalue weighted by Gasteiger charge is 2.16. The van der Waals surface area contributed by atoms with Gasteiger partial charge in [-0.25, -0.2) is 88.6 Å². The Morgan fingerprint density at radius 1 is 0.423 bits per heavy atom. The maximum Gasteiger partial charge on any atom is 0.354 e. The van der Waals surface area contributed by atoms with Gasteiger partial charge in [0, 0.05) is 122 Å². The number of Topliss-reactive ketones (excluding diaryl/α,β-unsaturated/α-hetero) is 1. The molecule has 15 N–H and O–H groups in total. The number of nitrogens with one attached hydrogen (secondary N) is 7. The molecule has 1 unspecified atom stereocenters. The van der Waals surface area contributed by atoms with Crippen LogP contribution in [0.3, 0.4) is 0 Å². The van der Waals surface area contributed by atoms with Gasteiger partial charge in [-0.15, -0.1) is 0 Å². The number of likely N-dealkylation sites (tertiary alicyclic amines) is 1. The number of likely N-dealkylation sites (N-methyl/N-ethyl adjacent to an activating group) is 1. The number of piperazine rings is 1. The average Bonchev–Trinajstić information content (AvgIpc) is 1.34.